The van der Waals surface area contributed by atoms with E-state index in [2.05, 4.69) is 67.8 Å². The van der Waals surface area contributed by atoms with Crippen LogP contribution >= 0.6 is 54.6 Å². The van der Waals surface area contributed by atoms with Crippen LogP contribution < -0.4 is 0 Å². The molecule has 0 heterocycles. The van der Waals surface area contributed by atoms with E-state index in [0.29, 0.717) is 0 Å². The van der Waals surface area contributed by atoms with Crippen molar-refractivity contribution in [3.8, 4) is 0 Å². The maximum Gasteiger partial charge on any atom is 0.542 e. The lowest BCUT2D eigenvalue weighted by molar-refractivity contribution is 0.321. The molecule has 0 aromatic heterocycles. The maximum atomic E-state index is 3.24. The Kier molecular flexibility index (Phi) is 25.8. The van der Waals surface area contributed by atoms with E-state index in [-0.39, 0.29) is 12.4 Å². The van der Waals surface area contributed by atoms with Crippen molar-refractivity contribution < 1.29 is 0 Å². The highest BCUT2D eigenvalue weighted by Crippen LogP contribution is 2.07. The average molecular weight is 404 g/mol. The van der Waals surface area contributed by atoms with Crippen LogP contribution in [0.5, 0.6) is 0 Å². The van der Waals surface area contributed by atoms with E-state index >= 15 is 0 Å². The van der Waals surface area contributed by atoms with Crippen LogP contribution in [0, 0.1) is 0 Å². The minimum Gasteiger partial charge on any atom is -0.304 e. The van der Waals surface area contributed by atoms with E-state index in [4.69, 9.17) is 0 Å². The zero-order valence-corrected chi connectivity index (χ0v) is 14.4. The summed E-state index contributed by atoms with van der Waals surface area (Å²) in [7, 11) is -0.701. The molecule has 0 saturated carbocycles. The van der Waals surface area contributed by atoms with E-state index in [1.807, 2.05) is 0 Å². The van der Waals surface area contributed by atoms with Crippen LogP contribution in [0.25, 0.3) is 0 Å². The summed E-state index contributed by atoms with van der Waals surface area (Å²) in [6, 6.07) is 0. The van der Waals surface area contributed by atoms with Crippen molar-refractivity contribution in [1.29, 1.82) is 0 Å². The lowest BCUT2D eigenvalue weighted by atomic mass is 10.5. The highest BCUT2D eigenvalue weighted by Gasteiger charge is 1.95. The topological polar surface area (TPSA) is 3.24 Å². The smallest absolute Gasteiger partial charge is 0.304 e. The van der Waals surface area contributed by atoms with Crippen molar-refractivity contribution in [2.24, 2.45) is 0 Å². The molecule has 0 aliphatic carbocycles. The van der Waals surface area contributed by atoms with Gasteiger partial charge in [-0.1, -0.05) is 20.8 Å². The van der Waals surface area contributed by atoms with Gasteiger partial charge in [-0.3, -0.25) is 0 Å². The average Bonchev–Trinajstić information content (AvgIpc) is 1.90. The summed E-state index contributed by atoms with van der Waals surface area (Å²) in [6.45, 7) is 10.1. The molecule has 0 rings (SSSR count). The van der Waals surface area contributed by atoms with Gasteiger partial charge < -0.3 is 4.90 Å². The Morgan fingerprint density at radius 2 is 1.08 bits per heavy atom. The van der Waals surface area contributed by atoms with Gasteiger partial charge in [0.25, 0.3) is 0 Å². The molecule has 0 aromatic rings. The molecule has 0 amide bonds. The quantitative estimate of drug-likeness (QED) is 0.645. The fourth-order valence-electron chi connectivity index (χ4n) is 0.671. The second kappa shape index (κ2) is 15.7. The van der Waals surface area contributed by atoms with Gasteiger partial charge in [-0.05, 0) is 19.6 Å². The number of hydrogen-bond acceptors (Lipinski definition) is 1. The van der Waals surface area contributed by atoms with Gasteiger partial charge >= 0.3 is 8.67 Å². The van der Waals surface area contributed by atoms with Gasteiger partial charge in [0, 0.05) is 0 Å². The molecule has 0 aliphatic rings. The van der Waals surface area contributed by atoms with Crippen LogP contribution in [-0.2, 0) is 0 Å². The minimum absolute atomic E-state index is 0. The van der Waals surface area contributed by atoms with Crippen molar-refractivity contribution in [3.05, 3.63) is 0 Å². The molecule has 0 bridgehead atoms. The molecule has 0 atom stereocenters. The molecule has 0 aliphatic heterocycles. The highest BCUT2D eigenvalue weighted by atomic mass is 80.0. The number of nitrogens with zero attached hydrogens (tertiary/aromatic N) is 1. The maximum absolute atomic E-state index is 3.24. The van der Waals surface area contributed by atoms with Gasteiger partial charge in [0.2, 0.25) is 0 Å². The number of rotatable bonds is 3. The number of hydrogen-bond donors (Lipinski definition) is 0. The summed E-state index contributed by atoms with van der Waals surface area (Å²) in [5.41, 5.74) is 0. The van der Waals surface area contributed by atoms with E-state index in [1.54, 1.807) is 0 Å². The molecule has 12 heavy (non-hydrogen) atoms. The first-order valence-corrected chi connectivity index (χ1v) is 13.3. The van der Waals surface area contributed by atoms with E-state index < -0.39 is 8.67 Å². The van der Waals surface area contributed by atoms with Crippen LogP contribution in [0.3, 0.4) is 0 Å². The van der Waals surface area contributed by atoms with Crippen LogP contribution in [-0.4, -0.2) is 33.2 Å². The van der Waals surface area contributed by atoms with Crippen LogP contribution in [0.2, 0.25) is 0 Å². The lowest BCUT2D eigenvalue weighted by Gasteiger charge is -2.13. The minimum atomic E-state index is -0.701. The first-order chi connectivity index (χ1) is 5.08. The van der Waals surface area contributed by atoms with Crippen molar-refractivity contribution in [3.63, 3.8) is 0 Å². The molecule has 0 radical (unpaired) electrons. The molecule has 1 nitrogen and oxygen atoms in total. The van der Waals surface area contributed by atoms with E-state index in [0.717, 1.165) is 0 Å². The van der Waals surface area contributed by atoms with Crippen molar-refractivity contribution in [2.75, 3.05) is 19.6 Å². The molecule has 0 unspecified atom stereocenters. The molecule has 0 aromatic carbocycles. The largest absolute Gasteiger partial charge is 0.542 e. The third kappa shape index (κ3) is 22.8. The Bertz CT molecular complexity index is 65.5. The lowest BCUT2D eigenvalue weighted by Crippen LogP contribution is -2.21. The Morgan fingerprint density at radius 1 is 0.917 bits per heavy atom. The predicted octanol–water partition coefficient (Wildman–Crippen LogP) is 3.93. The Hall–Kier alpha value is 2.22. The zero-order chi connectivity index (χ0) is 9.28. The summed E-state index contributed by atoms with van der Waals surface area (Å²) < 4.78 is 0. The normalized spacial score (nSPS) is 8.25. The molecular formula is C6H16AlBr3ClN. The summed E-state index contributed by atoms with van der Waals surface area (Å²) in [6.07, 6.45) is 0. The zero-order valence-electron chi connectivity index (χ0n) is 7.69. The first-order valence-electron chi connectivity index (χ1n) is 3.72. The van der Waals surface area contributed by atoms with Crippen LogP contribution in [0.1, 0.15) is 20.8 Å². The first kappa shape index (κ1) is 19.7. The monoisotopic (exact) mass is 401 g/mol. The second-order valence-corrected chi connectivity index (χ2v) is 21.7. The Morgan fingerprint density at radius 3 is 1.08 bits per heavy atom. The van der Waals surface area contributed by atoms with Crippen LogP contribution in [0.4, 0.5) is 0 Å². The van der Waals surface area contributed by atoms with Crippen molar-refractivity contribution in [1.82, 2.24) is 4.90 Å². The predicted molar refractivity (Wildman–Crippen MR) is 73.2 cm³/mol. The highest BCUT2D eigenvalue weighted by molar-refractivity contribution is 9.69. The van der Waals surface area contributed by atoms with Gasteiger partial charge in [-0.15, -0.1) is 12.4 Å². The van der Waals surface area contributed by atoms with E-state index in [9.17, 15) is 0 Å². The molecule has 0 N–H and O–H groups in total. The van der Waals surface area contributed by atoms with Gasteiger partial charge in [-0.25, -0.2) is 0 Å². The summed E-state index contributed by atoms with van der Waals surface area (Å²) >= 11 is 9.73. The summed E-state index contributed by atoms with van der Waals surface area (Å²) in [4.78, 5) is 2.38. The standard InChI is InChI=1S/C6H15N.Al.3BrH.ClH/c1-4-7(5-2)6-3;;;;;/h4-6H2,1-3H3;;4*1H/q;+3;;;;/p-3. The second-order valence-electron chi connectivity index (χ2n) is 1.87. The third-order valence-corrected chi connectivity index (χ3v) is 1.34. The Labute approximate surface area is 107 Å². The van der Waals surface area contributed by atoms with Crippen LogP contribution in [0.15, 0.2) is 0 Å². The number of halogens is 4. The van der Waals surface area contributed by atoms with Crippen molar-refractivity contribution >= 4 is 63.2 Å². The molecule has 0 saturated heterocycles. The molecule has 6 heteroatoms. The Balaban J connectivity index is -0.000000142. The SMILES string of the molecule is CCN(CC)CC.Cl.[Br][Al]([Br])[Br]. The molecular weight excluding hydrogens is 388 g/mol. The van der Waals surface area contributed by atoms with Gasteiger partial charge in [0.1, 0.15) is 0 Å². The molecule has 0 fully saturated rings. The molecule has 76 valence electrons. The van der Waals surface area contributed by atoms with E-state index in [1.165, 1.54) is 19.6 Å². The fourth-order valence-corrected chi connectivity index (χ4v) is 0.671. The molecule has 0 spiro atoms. The van der Waals surface area contributed by atoms with Crippen molar-refractivity contribution in [2.45, 2.75) is 20.8 Å². The van der Waals surface area contributed by atoms with Gasteiger partial charge in [-0.2, -0.15) is 42.2 Å². The fraction of sp³-hybridized carbons (Fsp3) is 1.00. The van der Waals surface area contributed by atoms with Gasteiger partial charge in [0.15, 0.2) is 0 Å². The summed E-state index contributed by atoms with van der Waals surface area (Å²) in [5.74, 6) is 0. The third-order valence-electron chi connectivity index (χ3n) is 1.34. The van der Waals surface area contributed by atoms with Gasteiger partial charge in [0.05, 0.1) is 0 Å². The summed E-state index contributed by atoms with van der Waals surface area (Å²) in [5, 5.41) is 0.